The summed E-state index contributed by atoms with van der Waals surface area (Å²) in [5.41, 5.74) is 2.92. The first-order chi connectivity index (χ1) is 14.0. The van der Waals surface area contributed by atoms with E-state index in [9.17, 15) is 4.79 Å². The van der Waals surface area contributed by atoms with Crippen LogP contribution >= 0.6 is 22.9 Å². The fourth-order valence-corrected chi connectivity index (χ4v) is 4.61. The molecule has 0 atom stereocenters. The Bertz CT molecular complexity index is 996. The largest absolute Gasteiger partial charge is 0.302 e. The Balaban J connectivity index is 1.91. The number of thiazole rings is 1. The van der Waals surface area contributed by atoms with Crippen LogP contribution < -0.4 is 4.90 Å². The number of rotatable bonds is 8. The van der Waals surface area contributed by atoms with Crippen LogP contribution in [0, 0.1) is 6.92 Å². The normalized spacial score (nSPS) is 11.6. The van der Waals surface area contributed by atoms with Gasteiger partial charge in [0.15, 0.2) is 5.13 Å². The van der Waals surface area contributed by atoms with E-state index in [2.05, 4.69) is 18.7 Å². The Morgan fingerprint density at radius 2 is 1.86 bits per heavy atom. The lowest BCUT2D eigenvalue weighted by atomic mass is 10.2. The maximum absolute atomic E-state index is 13.1. The van der Waals surface area contributed by atoms with Crippen molar-refractivity contribution in [2.45, 2.75) is 20.8 Å². The maximum Gasteiger partial charge on any atom is 0.252 e. The Morgan fingerprint density at radius 3 is 2.55 bits per heavy atom. The lowest BCUT2D eigenvalue weighted by Gasteiger charge is -2.23. The number of hydrogen-bond donors (Lipinski definition) is 0. The van der Waals surface area contributed by atoms with Gasteiger partial charge >= 0.3 is 0 Å². The smallest absolute Gasteiger partial charge is 0.252 e. The SMILES string of the molecule is CCN(CC)CCN(C(=O)/C=C/c1ccccc1)c1nc2c(C)cc(Cl)cc2s1. The maximum atomic E-state index is 13.1. The molecule has 0 fully saturated rings. The van der Waals surface area contributed by atoms with Gasteiger partial charge in [-0.1, -0.05) is 67.1 Å². The van der Waals surface area contributed by atoms with E-state index in [1.165, 1.54) is 11.3 Å². The van der Waals surface area contributed by atoms with Crippen LogP contribution in [0.2, 0.25) is 5.02 Å². The van der Waals surface area contributed by atoms with Crippen LogP contribution in [0.1, 0.15) is 25.0 Å². The quantitative estimate of drug-likeness (QED) is 0.436. The molecule has 1 heterocycles. The molecule has 0 aliphatic heterocycles. The van der Waals surface area contributed by atoms with Gasteiger partial charge in [-0.2, -0.15) is 0 Å². The van der Waals surface area contributed by atoms with Gasteiger partial charge in [-0.05, 0) is 49.3 Å². The van der Waals surface area contributed by atoms with Crippen molar-refractivity contribution in [1.29, 1.82) is 0 Å². The Labute approximate surface area is 181 Å². The molecular formula is C23H26ClN3OS. The molecule has 0 spiro atoms. The second-order valence-corrected chi connectivity index (χ2v) is 8.27. The molecule has 0 saturated heterocycles. The number of fused-ring (bicyclic) bond motifs is 1. The molecule has 0 aliphatic carbocycles. The van der Waals surface area contributed by atoms with Gasteiger partial charge in [0.2, 0.25) is 0 Å². The molecule has 0 bridgehead atoms. The van der Waals surface area contributed by atoms with Crippen LogP contribution in [0.5, 0.6) is 0 Å². The predicted molar refractivity (Wildman–Crippen MR) is 125 cm³/mol. The number of halogens is 1. The zero-order chi connectivity index (χ0) is 20.8. The minimum Gasteiger partial charge on any atom is -0.302 e. The van der Waals surface area contributed by atoms with Crippen molar-refractivity contribution >= 4 is 50.3 Å². The number of benzene rings is 2. The van der Waals surface area contributed by atoms with Gasteiger partial charge < -0.3 is 4.90 Å². The molecule has 152 valence electrons. The molecule has 2 aromatic carbocycles. The van der Waals surface area contributed by atoms with Gasteiger partial charge in [0.1, 0.15) is 0 Å². The van der Waals surface area contributed by atoms with E-state index in [1.807, 2.05) is 55.5 Å². The zero-order valence-electron chi connectivity index (χ0n) is 17.1. The third-order valence-electron chi connectivity index (χ3n) is 4.89. The highest BCUT2D eigenvalue weighted by Gasteiger charge is 2.19. The molecule has 0 aliphatic rings. The molecule has 3 rings (SSSR count). The van der Waals surface area contributed by atoms with Crippen LogP contribution in [-0.4, -0.2) is 42.0 Å². The van der Waals surface area contributed by atoms with Crippen LogP contribution in [0.25, 0.3) is 16.3 Å². The molecule has 0 radical (unpaired) electrons. The van der Waals surface area contributed by atoms with Gasteiger partial charge in [0.25, 0.3) is 5.91 Å². The molecule has 0 N–H and O–H groups in total. The molecule has 0 unspecified atom stereocenters. The molecule has 1 amide bonds. The topological polar surface area (TPSA) is 36.4 Å². The van der Waals surface area contributed by atoms with Crippen LogP contribution in [0.4, 0.5) is 5.13 Å². The second kappa shape index (κ2) is 10.0. The summed E-state index contributed by atoms with van der Waals surface area (Å²) in [7, 11) is 0. The zero-order valence-corrected chi connectivity index (χ0v) is 18.6. The fraction of sp³-hybridized carbons (Fsp3) is 0.304. The monoisotopic (exact) mass is 427 g/mol. The summed E-state index contributed by atoms with van der Waals surface area (Å²) < 4.78 is 0.998. The van der Waals surface area contributed by atoms with Gasteiger partial charge in [0, 0.05) is 24.2 Å². The Morgan fingerprint density at radius 1 is 1.14 bits per heavy atom. The van der Waals surface area contributed by atoms with E-state index in [1.54, 1.807) is 11.0 Å². The number of carbonyl (C=O) groups excluding carboxylic acids is 1. The van der Waals surface area contributed by atoms with E-state index < -0.39 is 0 Å². The second-order valence-electron chi connectivity index (χ2n) is 6.83. The van der Waals surface area contributed by atoms with Gasteiger partial charge in [-0.3, -0.25) is 9.69 Å². The fourth-order valence-electron chi connectivity index (χ4n) is 3.16. The van der Waals surface area contributed by atoms with Crippen molar-refractivity contribution in [3.05, 3.63) is 64.7 Å². The van der Waals surface area contributed by atoms with Crippen molar-refractivity contribution in [3.8, 4) is 0 Å². The Hall–Kier alpha value is -2.21. The number of aromatic nitrogens is 1. The average Bonchev–Trinajstić information content (AvgIpc) is 3.14. The number of nitrogens with zero attached hydrogens (tertiary/aromatic N) is 3. The molecule has 29 heavy (non-hydrogen) atoms. The van der Waals surface area contributed by atoms with Gasteiger partial charge in [0.05, 0.1) is 10.2 Å². The number of amides is 1. The van der Waals surface area contributed by atoms with Crippen LogP contribution in [0.3, 0.4) is 0 Å². The number of likely N-dealkylation sites (N-methyl/N-ethyl adjacent to an activating group) is 1. The summed E-state index contributed by atoms with van der Waals surface area (Å²) in [4.78, 5) is 21.9. The first-order valence-electron chi connectivity index (χ1n) is 9.85. The van der Waals surface area contributed by atoms with E-state index >= 15 is 0 Å². The van der Waals surface area contributed by atoms with Crippen molar-refractivity contribution < 1.29 is 4.79 Å². The van der Waals surface area contributed by atoms with E-state index in [0.29, 0.717) is 16.7 Å². The highest BCUT2D eigenvalue weighted by Crippen LogP contribution is 2.33. The van der Waals surface area contributed by atoms with E-state index in [0.717, 1.165) is 41.0 Å². The predicted octanol–water partition coefficient (Wildman–Crippen LogP) is 5.65. The first kappa shape index (κ1) is 21.5. The average molecular weight is 428 g/mol. The summed E-state index contributed by atoms with van der Waals surface area (Å²) >= 11 is 7.72. The molecule has 1 aromatic heterocycles. The summed E-state index contributed by atoms with van der Waals surface area (Å²) in [5.74, 6) is -0.0659. The minimum absolute atomic E-state index is 0.0659. The summed E-state index contributed by atoms with van der Waals surface area (Å²) in [6.45, 7) is 9.55. The van der Waals surface area contributed by atoms with E-state index in [4.69, 9.17) is 16.6 Å². The standard InChI is InChI=1S/C23H26ClN3OS/c1-4-26(5-2)13-14-27(21(28)12-11-18-9-7-6-8-10-18)23-25-22-17(3)15-19(24)16-20(22)29-23/h6-12,15-16H,4-5,13-14H2,1-3H3/b12-11+. The van der Waals surface area contributed by atoms with E-state index in [-0.39, 0.29) is 5.91 Å². The van der Waals surface area contributed by atoms with Crippen molar-refractivity contribution in [1.82, 2.24) is 9.88 Å². The summed E-state index contributed by atoms with van der Waals surface area (Å²) in [5, 5.41) is 1.40. The van der Waals surface area contributed by atoms with Crippen molar-refractivity contribution in [2.75, 3.05) is 31.1 Å². The third kappa shape index (κ3) is 5.44. The van der Waals surface area contributed by atoms with Crippen LogP contribution in [-0.2, 0) is 4.79 Å². The molecule has 3 aromatic rings. The summed E-state index contributed by atoms with van der Waals surface area (Å²) in [6, 6.07) is 13.7. The van der Waals surface area contributed by atoms with Crippen molar-refractivity contribution in [2.24, 2.45) is 0 Å². The number of carbonyl (C=O) groups is 1. The molecule has 0 saturated carbocycles. The number of hydrogen-bond acceptors (Lipinski definition) is 4. The number of anilines is 1. The highest BCUT2D eigenvalue weighted by molar-refractivity contribution is 7.22. The third-order valence-corrected chi connectivity index (χ3v) is 6.13. The highest BCUT2D eigenvalue weighted by atomic mass is 35.5. The summed E-state index contributed by atoms with van der Waals surface area (Å²) in [6.07, 6.45) is 3.48. The van der Waals surface area contributed by atoms with Crippen LogP contribution in [0.15, 0.2) is 48.5 Å². The molecular weight excluding hydrogens is 402 g/mol. The van der Waals surface area contributed by atoms with Gasteiger partial charge in [-0.25, -0.2) is 4.98 Å². The molecule has 4 nitrogen and oxygen atoms in total. The first-order valence-corrected chi connectivity index (χ1v) is 11.0. The lowest BCUT2D eigenvalue weighted by Crippen LogP contribution is -2.38. The lowest BCUT2D eigenvalue weighted by molar-refractivity contribution is -0.114. The molecule has 6 heteroatoms. The van der Waals surface area contributed by atoms with Crippen molar-refractivity contribution in [3.63, 3.8) is 0 Å². The van der Waals surface area contributed by atoms with Gasteiger partial charge in [-0.15, -0.1) is 0 Å². The minimum atomic E-state index is -0.0659. The Kier molecular flexibility index (Phi) is 7.42. The number of aryl methyl sites for hydroxylation is 1.